The molecule has 0 aliphatic carbocycles. The topological polar surface area (TPSA) is 75.4 Å². The molecule has 2 rings (SSSR count). The van der Waals surface area contributed by atoms with Crippen LogP contribution in [0.1, 0.15) is 24.9 Å². The fraction of sp³-hybridized carbons (Fsp3) is 0.263. The van der Waals surface area contributed by atoms with Crippen LogP contribution in [0.2, 0.25) is 5.02 Å². The number of primary amides is 1. The van der Waals surface area contributed by atoms with E-state index in [4.69, 9.17) is 17.3 Å². The number of hydrogen-bond acceptors (Lipinski definition) is 3. The molecular weight excluding hydrogens is 357 g/mol. The Morgan fingerprint density at radius 3 is 2.35 bits per heavy atom. The van der Waals surface area contributed by atoms with Crippen LogP contribution < -0.4 is 16.0 Å². The molecule has 1 unspecified atom stereocenters. The first kappa shape index (κ1) is 19.9. The maximum Gasteiger partial charge on any atom is 0.240 e. The van der Waals surface area contributed by atoms with E-state index in [1.807, 2.05) is 19.1 Å². The van der Waals surface area contributed by atoms with Crippen LogP contribution in [-0.4, -0.2) is 24.9 Å². The highest BCUT2D eigenvalue weighted by atomic mass is 35.5. The Balaban J connectivity index is 2.04. The quantitative estimate of drug-likeness (QED) is 0.742. The molecule has 2 aromatic carbocycles. The van der Waals surface area contributed by atoms with Crippen LogP contribution in [0, 0.1) is 5.82 Å². The van der Waals surface area contributed by atoms with Gasteiger partial charge in [0, 0.05) is 29.7 Å². The summed E-state index contributed by atoms with van der Waals surface area (Å²) in [6, 6.07) is 12.8. The highest BCUT2D eigenvalue weighted by Crippen LogP contribution is 2.18. The molecule has 0 saturated heterocycles. The van der Waals surface area contributed by atoms with Crippen molar-refractivity contribution >= 4 is 29.1 Å². The van der Waals surface area contributed by atoms with Crippen molar-refractivity contribution in [3.05, 3.63) is 64.9 Å². The van der Waals surface area contributed by atoms with Crippen LogP contribution in [0.25, 0.3) is 0 Å². The lowest BCUT2D eigenvalue weighted by Gasteiger charge is -2.24. The van der Waals surface area contributed by atoms with Gasteiger partial charge >= 0.3 is 0 Å². The van der Waals surface area contributed by atoms with Crippen LogP contribution >= 0.6 is 11.6 Å². The average Bonchev–Trinajstić information content (AvgIpc) is 2.61. The lowest BCUT2D eigenvalue weighted by atomic mass is 10.1. The Labute approximate surface area is 156 Å². The summed E-state index contributed by atoms with van der Waals surface area (Å²) in [5, 5.41) is 3.79. The van der Waals surface area contributed by atoms with Gasteiger partial charge in [0.05, 0.1) is 6.54 Å². The second-order valence-electron chi connectivity index (χ2n) is 5.89. The van der Waals surface area contributed by atoms with Gasteiger partial charge in [-0.15, -0.1) is 0 Å². The number of nitrogens with zero attached hydrogens (tertiary/aromatic N) is 1. The molecule has 0 spiro atoms. The third-order valence-electron chi connectivity index (χ3n) is 3.95. The van der Waals surface area contributed by atoms with E-state index in [0.29, 0.717) is 10.7 Å². The van der Waals surface area contributed by atoms with E-state index in [2.05, 4.69) is 5.32 Å². The zero-order valence-corrected chi connectivity index (χ0v) is 15.2. The van der Waals surface area contributed by atoms with Gasteiger partial charge in [0.15, 0.2) is 0 Å². The van der Waals surface area contributed by atoms with Crippen LogP contribution in [0.3, 0.4) is 0 Å². The molecule has 0 radical (unpaired) electrons. The third kappa shape index (κ3) is 5.82. The number of benzene rings is 2. The third-order valence-corrected chi connectivity index (χ3v) is 4.20. The Morgan fingerprint density at radius 2 is 1.77 bits per heavy atom. The largest absolute Gasteiger partial charge is 0.370 e. The van der Waals surface area contributed by atoms with Crippen molar-refractivity contribution in [2.24, 2.45) is 5.73 Å². The van der Waals surface area contributed by atoms with E-state index in [9.17, 15) is 14.0 Å². The second kappa shape index (κ2) is 9.31. The van der Waals surface area contributed by atoms with E-state index in [1.54, 1.807) is 12.1 Å². The Hall–Kier alpha value is -2.44. The van der Waals surface area contributed by atoms with Gasteiger partial charge in [0.25, 0.3) is 0 Å². The van der Waals surface area contributed by atoms with Gasteiger partial charge in [0.2, 0.25) is 11.8 Å². The van der Waals surface area contributed by atoms with E-state index in [1.165, 1.54) is 29.2 Å². The molecule has 0 aromatic heterocycles. The fourth-order valence-corrected chi connectivity index (χ4v) is 2.57. The van der Waals surface area contributed by atoms with Crippen LogP contribution in [0.4, 0.5) is 10.1 Å². The van der Waals surface area contributed by atoms with Gasteiger partial charge in [-0.05, 0) is 48.9 Å². The molecule has 0 aliphatic rings. The summed E-state index contributed by atoms with van der Waals surface area (Å²) in [5.74, 6) is -1.14. The highest BCUT2D eigenvalue weighted by molar-refractivity contribution is 6.30. The molecule has 2 amide bonds. The van der Waals surface area contributed by atoms with Gasteiger partial charge in [-0.1, -0.05) is 23.7 Å². The lowest BCUT2D eigenvalue weighted by Crippen LogP contribution is -2.40. The molecule has 26 heavy (non-hydrogen) atoms. The van der Waals surface area contributed by atoms with Crippen LogP contribution in [0.15, 0.2) is 48.5 Å². The van der Waals surface area contributed by atoms with Crippen molar-refractivity contribution in [3.63, 3.8) is 0 Å². The average molecular weight is 378 g/mol. The molecule has 0 saturated carbocycles. The number of rotatable bonds is 8. The van der Waals surface area contributed by atoms with E-state index in [-0.39, 0.29) is 31.5 Å². The SMILES string of the molecule is CC(NCC(=O)N(CCC(N)=O)c1ccc(F)cc1)c1ccc(Cl)cc1. The first-order chi connectivity index (χ1) is 12.4. The molecule has 2 aromatic rings. The summed E-state index contributed by atoms with van der Waals surface area (Å²) in [5.41, 5.74) is 6.70. The maximum atomic E-state index is 13.1. The highest BCUT2D eigenvalue weighted by Gasteiger charge is 2.17. The molecule has 0 fully saturated rings. The van der Waals surface area contributed by atoms with Crippen LogP contribution in [0.5, 0.6) is 0 Å². The van der Waals surface area contributed by atoms with Gasteiger partial charge in [0.1, 0.15) is 5.82 Å². The minimum absolute atomic E-state index is 0.0237. The number of nitrogens with two attached hydrogens (primary N) is 1. The summed E-state index contributed by atoms with van der Waals surface area (Å²) in [6.07, 6.45) is 0.0237. The van der Waals surface area contributed by atoms with Gasteiger partial charge < -0.3 is 16.0 Å². The summed E-state index contributed by atoms with van der Waals surface area (Å²) in [4.78, 5) is 25.1. The van der Waals surface area contributed by atoms with Crippen molar-refractivity contribution in [2.75, 3.05) is 18.0 Å². The predicted octanol–water partition coefficient (Wildman–Crippen LogP) is 3.04. The summed E-state index contributed by atoms with van der Waals surface area (Å²) in [7, 11) is 0. The zero-order chi connectivity index (χ0) is 19.1. The Morgan fingerprint density at radius 1 is 1.15 bits per heavy atom. The summed E-state index contributed by atoms with van der Waals surface area (Å²) < 4.78 is 13.1. The van der Waals surface area contributed by atoms with Crippen molar-refractivity contribution in [3.8, 4) is 0 Å². The number of carbonyl (C=O) groups is 2. The van der Waals surface area contributed by atoms with Crippen molar-refractivity contribution in [2.45, 2.75) is 19.4 Å². The molecule has 0 aliphatic heterocycles. The number of carbonyl (C=O) groups excluding carboxylic acids is 2. The molecule has 0 heterocycles. The predicted molar refractivity (Wildman–Crippen MR) is 100 cm³/mol. The normalized spacial score (nSPS) is 11.8. The lowest BCUT2D eigenvalue weighted by molar-refractivity contribution is -0.118. The first-order valence-corrected chi connectivity index (χ1v) is 8.57. The van der Waals surface area contributed by atoms with Crippen LogP contribution in [-0.2, 0) is 9.59 Å². The second-order valence-corrected chi connectivity index (χ2v) is 6.33. The fourth-order valence-electron chi connectivity index (χ4n) is 2.45. The molecule has 0 bridgehead atoms. The summed E-state index contributed by atoms with van der Waals surface area (Å²) >= 11 is 5.88. The molecule has 1 atom stereocenters. The molecular formula is C19H21ClFN3O2. The Kier molecular flexibility index (Phi) is 7.12. The standard InChI is InChI=1S/C19H21ClFN3O2/c1-13(14-2-4-15(20)5-3-14)23-12-19(26)24(11-10-18(22)25)17-8-6-16(21)7-9-17/h2-9,13,23H,10-12H2,1H3,(H2,22,25). The maximum absolute atomic E-state index is 13.1. The van der Waals surface area contributed by atoms with Gasteiger partial charge in [-0.25, -0.2) is 4.39 Å². The smallest absolute Gasteiger partial charge is 0.240 e. The van der Waals surface area contributed by atoms with Gasteiger partial charge in [-0.2, -0.15) is 0 Å². The van der Waals surface area contributed by atoms with E-state index in [0.717, 1.165) is 5.56 Å². The van der Waals surface area contributed by atoms with Crippen molar-refractivity contribution in [1.29, 1.82) is 0 Å². The number of amides is 2. The van der Waals surface area contributed by atoms with E-state index >= 15 is 0 Å². The minimum Gasteiger partial charge on any atom is -0.370 e. The minimum atomic E-state index is -0.507. The summed E-state index contributed by atoms with van der Waals surface area (Å²) in [6.45, 7) is 2.12. The first-order valence-electron chi connectivity index (χ1n) is 8.20. The van der Waals surface area contributed by atoms with Gasteiger partial charge in [-0.3, -0.25) is 9.59 Å². The molecule has 7 heteroatoms. The number of anilines is 1. The molecule has 3 N–H and O–H groups in total. The molecule has 138 valence electrons. The Bertz CT molecular complexity index is 750. The zero-order valence-electron chi connectivity index (χ0n) is 14.4. The van der Waals surface area contributed by atoms with Crippen molar-refractivity contribution in [1.82, 2.24) is 5.32 Å². The number of hydrogen-bond donors (Lipinski definition) is 2. The van der Waals surface area contributed by atoms with Crippen molar-refractivity contribution < 1.29 is 14.0 Å². The van der Waals surface area contributed by atoms with E-state index < -0.39 is 11.7 Å². The number of nitrogens with one attached hydrogen (secondary N) is 1. The number of halogens is 2. The molecule has 5 nitrogen and oxygen atoms in total. The monoisotopic (exact) mass is 377 g/mol.